The number of carbonyl (C=O) groups is 1. The number of piperidine rings is 1. The van der Waals surface area contributed by atoms with E-state index in [4.69, 9.17) is 0 Å². The molecule has 0 bridgehead atoms. The summed E-state index contributed by atoms with van der Waals surface area (Å²) in [4.78, 5) is 34.5. The lowest BCUT2D eigenvalue weighted by Crippen LogP contribution is -2.41. The topological polar surface area (TPSA) is 103 Å². The molecular formula is C20H23FN4O4S. The van der Waals surface area contributed by atoms with Crippen LogP contribution in [0.2, 0.25) is 0 Å². The fourth-order valence-electron chi connectivity index (χ4n) is 4.08. The first-order chi connectivity index (χ1) is 14.2. The SMILES string of the molecule is CS(=O)(=O)N1CCc2nc([C@@H]3CCCN(C(=O)c4cccc(F)c4)C3)[nH]c(=O)c2C1. The Morgan fingerprint density at radius 3 is 2.83 bits per heavy atom. The van der Waals surface area contributed by atoms with E-state index in [1.165, 1.54) is 22.5 Å². The molecule has 1 atom stereocenters. The number of rotatable bonds is 3. The van der Waals surface area contributed by atoms with Crippen LogP contribution in [0.15, 0.2) is 29.1 Å². The molecule has 0 saturated carbocycles. The van der Waals surface area contributed by atoms with Crippen molar-refractivity contribution in [1.29, 1.82) is 0 Å². The number of benzene rings is 1. The maximum absolute atomic E-state index is 13.5. The second-order valence-electron chi connectivity index (χ2n) is 7.82. The molecule has 2 aromatic rings. The summed E-state index contributed by atoms with van der Waals surface area (Å²) in [5.41, 5.74) is 0.946. The average Bonchev–Trinajstić information content (AvgIpc) is 2.72. The van der Waals surface area contributed by atoms with Crippen molar-refractivity contribution in [3.05, 3.63) is 63.1 Å². The molecule has 8 nitrogen and oxygen atoms in total. The number of H-pyrrole nitrogens is 1. The van der Waals surface area contributed by atoms with Crippen molar-refractivity contribution in [2.45, 2.75) is 31.7 Å². The Bertz CT molecular complexity index is 1150. The van der Waals surface area contributed by atoms with E-state index < -0.39 is 15.8 Å². The lowest BCUT2D eigenvalue weighted by Gasteiger charge is -2.33. The number of sulfonamides is 1. The molecule has 1 fully saturated rings. The van der Waals surface area contributed by atoms with Crippen LogP contribution in [0.4, 0.5) is 4.39 Å². The van der Waals surface area contributed by atoms with Crippen LogP contribution in [0.1, 0.15) is 46.2 Å². The van der Waals surface area contributed by atoms with Gasteiger partial charge in [0.2, 0.25) is 10.0 Å². The number of likely N-dealkylation sites (tertiary alicyclic amines) is 1. The Morgan fingerprint density at radius 1 is 1.30 bits per heavy atom. The van der Waals surface area contributed by atoms with Gasteiger partial charge in [0.1, 0.15) is 11.6 Å². The summed E-state index contributed by atoms with van der Waals surface area (Å²) >= 11 is 0. The number of hydrogen-bond donors (Lipinski definition) is 1. The van der Waals surface area contributed by atoms with Crippen molar-refractivity contribution in [2.75, 3.05) is 25.9 Å². The largest absolute Gasteiger partial charge is 0.338 e. The molecule has 2 aliphatic heterocycles. The zero-order chi connectivity index (χ0) is 21.5. The van der Waals surface area contributed by atoms with Crippen molar-refractivity contribution in [3.8, 4) is 0 Å². The van der Waals surface area contributed by atoms with Gasteiger partial charge in [-0.05, 0) is 31.0 Å². The summed E-state index contributed by atoms with van der Waals surface area (Å²) in [6, 6.07) is 5.61. The first-order valence-electron chi connectivity index (χ1n) is 9.84. The number of aromatic nitrogens is 2. The molecule has 1 aromatic heterocycles. The predicted molar refractivity (Wildman–Crippen MR) is 108 cm³/mol. The van der Waals surface area contributed by atoms with E-state index in [-0.39, 0.29) is 30.5 Å². The van der Waals surface area contributed by atoms with E-state index in [0.717, 1.165) is 19.1 Å². The Labute approximate surface area is 173 Å². The molecule has 0 radical (unpaired) electrons. The van der Waals surface area contributed by atoms with Crippen molar-refractivity contribution >= 4 is 15.9 Å². The Morgan fingerprint density at radius 2 is 2.10 bits per heavy atom. The lowest BCUT2D eigenvalue weighted by molar-refractivity contribution is 0.0704. The number of fused-ring (bicyclic) bond motifs is 1. The number of carbonyl (C=O) groups excluding carboxylic acids is 1. The molecule has 1 N–H and O–H groups in total. The standard InChI is InChI=1S/C20H23FN4O4S/c1-30(28,29)25-9-7-17-16(12-25)19(26)23-18(22-17)14-5-3-8-24(11-14)20(27)13-4-2-6-15(21)10-13/h2,4,6,10,14H,3,5,7-9,11-12H2,1H3,(H,22,23,26)/t14-/m1/s1. The van der Waals surface area contributed by atoms with Gasteiger partial charge in [-0.15, -0.1) is 0 Å². The summed E-state index contributed by atoms with van der Waals surface area (Å²) < 4.78 is 38.3. The van der Waals surface area contributed by atoms with Crippen LogP contribution >= 0.6 is 0 Å². The fraction of sp³-hybridized carbons (Fsp3) is 0.450. The minimum Gasteiger partial charge on any atom is -0.338 e. The quantitative estimate of drug-likeness (QED) is 0.783. The Hall–Kier alpha value is -2.59. The van der Waals surface area contributed by atoms with E-state index in [1.807, 2.05) is 0 Å². The van der Waals surface area contributed by atoms with Gasteiger partial charge in [-0.1, -0.05) is 6.07 Å². The van der Waals surface area contributed by atoms with Gasteiger partial charge in [0.15, 0.2) is 0 Å². The van der Waals surface area contributed by atoms with Crippen molar-refractivity contribution in [2.24, 2.45) is 0 Å². The first kappa shape index (κ1) is 20.7. The van der Waals surface area contributed by atoms with Gasteiger partial charge in [0.25, 0.3) is 11.5 Å². The molecule has 30 heavy (non-hydrogen) atoms. The van der Waals surface area contributed by atoms with E-state index in [9.17, 15) is 22.4 Å². The minimum absolute atomic E-state index is 0.0195. The smallest absolute Gasteiger partial charge is 0.255 e. The molecule has 1 saturated heterocycles. The van der Waals surface area contributed by atoms with Crippen molar-refractivity contribution < 1.29 is 17.6 Å². The average molecular weight is 434 g/mol. The third kappa shape index (κ3) is 4.15. The van der Waals surface area contributed by atoms with Crippen LogP contribution < -0.4 is 5.56 Å². The van der Waals surface area contributed by atoms with Gasteiger partial charge in [0.05, 0.1) is 17.5 Å². The van der Waals surface area contributed by atoms with Crippen molar-refractivity contribution in [3.63, 3.8) is 0 Å². The molecule has 0 spiro atoms. The maximum Gasteiger partial charge on any atom is 0.255 e. The number of halogens is 1. The number of amides is 1. The molecule has 3 heterocycles. The zero-order valence-corrected chi connectivity index (χ0v) is 17.4. The number of hydrogen-bond acceptors (Lipinski definition) is 5. The van der Waals surface area contributed by atoms with Gasteiger partial charge in [-0.25, -0.2) is 17.8 Å². The fourth-order valence-corrected chi connectivity index (χ4v) is 4.87. The lowest BCUT2D eigenvalue weighted by atomic mass is 9.96. The van der Waals surface area contributed by atoms with Gasteiger partial charge in [0, 0.05) is 44.1 Å². The van der Waals surface area contributed by atoms with Crippen LogP contribution in [0.3, 0.4) is 0 Å². The molecule has 4 rings (SSSR count). The monoisotopic (exact) mass is 434 g/mol. The summed E-state index contributed by atoms with van der Waals surface area (Å²) in [6.45, 7) is 1.25. The highest BCUT2D eigenvalue weighted by Gasteiger charge is 2.30. The predicted octanol–water partition coefficient (Wildman–Crippen LogP) is 1.25. The Kier molecular flexibility index (Phi) is 5.46. The second kappa shape index (κ2) is 7.92. The number of aromatic amines is 1. The zero-order valence-electron chi connectivity index (χ0n) is 16.6. The second-order valence-corrected chi connectivity index (χ2v) is 9.81. The van der Waals surface area contributed by atoms with Crippen LogP contribution in [0.25, 0.3) is 0 Å². The summed E-state index contributed by atoms with van der Waals surface area (Å²) in [6.07, 6.45) is 3.01. The van der Waals surface area contributed by atoms with E-state index in [1.54, 1.807) is 11.0 Å². The molecule has 2 aliphatic rings. The van der Waals surface area contributed by atoms with Crippen LogP contribution in [-0.4, -0.2) is 59.4 Å². The summed E-state index contributed by atoms with van der Waals surface area (Å²) in [7, 11) is -3.38. The maximum atomic E-state index is 13.5. The highest BCUT2D eigenvalue weighted by molar-refractivity contribution is 7.88. The number of nitrogens with zero attached hydrogens (tertiary/aromatic N) is 3. The van der Waals surface area contributed by atoms with Gasteiger partial charge >= 0.3 is 0 Å². The normalized spacial score (nSPS) is 20.1. The van der Waals surface area contributed by atoms with Crippen LogP contribution in [0.5, 0.6) is 0 Å². The molecule has 1 aromatic carbocycles. The molecule has 0 aliphatic carbocycles. The minimum atomic E-state index is -3.38. The van der Waals surface area contributed by atoms with E-state index in [2.05, 4.69) is 9.97 Å². The van der Waals surface area contributed by atoms with Crippen LogP contribution in [0, 0.1) is 5.82 Å². The molecule has 1 amide bonds. The van der Waals surface area contributed by atoms with E-state index >= 15 is 0 Å². The molecule has 10 heteroatoms. The van der Waals surface area contributed by atoms with Crippen molar-refractivity contribution in [1.82, 2.24) is 19.2 Å². The van der Waals surface area contributed by atoms with E-state index in [0.29, 0.717) is 42.2 Å². The molecule has 160 valence electrons. The van der Waals surface area contributed by atoms with Crippen LogP contribution in [-0.2, 0) is 23.0 Å². The summed E-state index contributed by atoms with van der Waals surface area (Å²) in [5.74, 6) is -0.327. The number of nitrogens with one attached hydrogen (secondary N) is 1. The summed E-state index contributed by atoms with van der Waals surface area (Å²) in [5, 5.41) is 0. The molecular weight excluding hydrogens is 411 g/mol. The Balaban J connectivity index is 1.55. The third-order valence-electron chi connectivity index (χ3n) is 5.69. The molecule has 0 unspecified atom stereocenters. The van der Waals surface area contributed by atoms with Gasteiger partial charge < -0.3 is 9.88 Å². The highest BCUT2D eigenvalue weighted by atomic mass is 32.2. The van der Waals surface area contributed by atoms with Gasteiger partial charge in [-0.3, -0.25) is 9.59 Å². The third-order valence-corrected chi connectivity index (χ3v) is 6.94. The first-order valence-corrected chi connectivity index (χ1v) is 11.7. The highest BCUT2D eigenvalue weighted by Crippen LogP contribution is 2.26. The van der Waals surface area contributed by atoms with Gasteiger partial charge in [-0.2, -0.15) is 4.31 Å².